The van der Waals surface area contributed by atoms with E-state index in [0.29, 0.717) is 6.61 Å². The lowest BCUT2D eigenvalue weighted by Crippen LogP contribution is -1.93. The van der Waals surface area contributed by atoms with E-state index in [0.717, 1.165) is 6.61 Å². The maximum atomic E-state index is 5.25. The van der Waals surface area contributed by atoms with Crippen molar-refractivity contribution in [3.8, 4) is 0 Å². The van der Waals surface area contributed by atoms with Crippen LogP contribution in [0.1, 0.15) is 116 Å². The number of hydrogen-bond acceptors (Lipinski definition) is 1. The highest BCUT2D eigenvalue weighted by molar-refractivity contribution is 4.50. The maximum Gasteiger partial charge on any atom is 0.0466 e. The van der Waals surface area contributed by atoms with Crippen LogP contribution < -0.4 is 0 Å². The van der Waals surface area contributed by atoms with Crippen LogP contribution in [-0.4, -0.2) is 13.2 Å². The molecule has 0 fully saturated rings. The van der Waals surface area contributed by atoms with Gasteiger partial charge in [-0.15, -0.1) is 0 Å². The summed E-state index contributed by atoms with van der Waals surface area (Å²) >= 11 is 0. The highest BCUT2D eigenvalue weighted by Gasteiger charge is 1.94. The van der Waals surface area contributed by atoms with Crippen molar-refractivity contribution in [1.82, 2.24) is 0 Å². The van der Waals surface area contributed by atoms with Crippen LogP contribution in [0.25, 0.3) is 0 Å². The van der Waals surface area contributed by atoms with Gasteiger partial charge in [0.2, 0.25) is 0 Å². The second kappa shape index (κ2) is 21.0. The van der Waals surface area contributed by atoms with Gasteiger partial charge in [-0.05, 0) is 13.3 Å². The van der Waals surface area contributed by atoms with Crippen molar-refractivity contribution in [2.24, 2.45) is 0 Å². The molecule has 133 valence electrons. The van der Waals surface area contributed by atoms with Gasteiger partial charge < -0.3 is 4.74 Å². The average Bonchev–Trinajstić information content (AvgIpc) is 2.54. The number of ether oxygens (including phenoxy) is 1. The summed E-state index contributed by atoms with van der Waals surface area (Å²) in [5.74, 6) is 0. The van der Waals surface area contributed by atoms with Gasteiger partial charge in [0.1, 0.15) is 0 Å². The maximum absolute atomic E-state index is 5.25. The predicted octanol–water partition coefficient (Wildman–Crippen LogP) is 7.49. The minimum absolute atomic E-state index is 0.624. The van der Waals surface area contributed by atoms with Gasteiger partial charge in [0.15, 0.2) is 0 Å². The molecule has 1 heteroatoms. The zero-order chi connectivity index (χ0) is 16.1. The summed E-state index contributed by atoms with van der Waals surface area (Å²) in [7, 11) is 0. The Morgan fingerprint density at radius 2 is 0.818 bits per heavy atom. The van der Waals surface area contributed by atoms with Crippen LogP contribution in [0.2, 0.25) is 0 Å². The van der Waals surface area contributed by atoms with Crippen LogP contribution in [0.4, 0.5) is 0 Å². The van der Waals surface area contributed by atoms with E-state index in [4.69, 9.17) is 4.74 Å². The summed E-state index contributed by atoms with van der Waals surface area (Å²) in [6.45, 7) is 7.50. The quantitative estimate of drug-likeness (QED) is 0.224. The Balaban J connectivity index is 2.91. The third-order valence-electron chi connectivity index (χ3n) is 4.54. The minimum Gasteiger partial charge on any atom is -0.381 e. The van der Waals surface area contributed by atoms with Crippen molar-refractivity contribution in [3.05, 3.63) is 6.92 Å². The monoisotopic (exact) mass is 311 g/mol. The Hall–Kier alpha value is -0.0400. The third kappa shape index (κ3) is 20.0. The van der Waals surface area contributed by atoms with E-state index in [-0.39, 0.29) is 0 Å². The molecule has 0 aliphatic carbocycles. The first kappa shape index (κ1) is 22.0. The van der Waals surface area contributed by atoms with Crippen molar-refractivity contribution in [2.45, 2.75) is 116 Å². The molecule has 0 spiro atoms. The van der Waals surface area contributed by atoms with E-state index >= 15 is 0 Å². The third-order valence-corrected chi connectivity index (χ3v) is 4.54. The lowest BCUT2D eigenvalue weighted by molar-refractivity contribution is 0.156. The summed E-state index contributed by atoms with van der Waals surface area (Å²) in [6, 6.07) is 0. The molecule has 0 heterocycles. The Kier molecular flexibility index (Phi) is 20.9. The SMILES string of the molecule is [CH2]COCCCCCCCCCCCCCCCCCCC. The molecule has 0 atom stereocenters. The highest BCUT2D eigenvalue weighted by Crippen LogP contribution is 2.13. The molecule has 0 aromatic carbocycles. The number of unbranched alkanes of at least 4 members (excludes halogenated alkanes) is 16. The molecular formula is C21H43O. The van der Waals surface area contributed by atoms with E-state index in [1.807, 2.05) is 0 Å². The molecule has 22 heavy (non-hydrogen) atoms. The van der Waals surface area contributed by atoms with E-state index in [9.17, 15) is 0 Å². The molecule has 0 aromatic heterocycles. The predicted molar refractivity (Wildman–Crippen MR) is 100 cm³/mol. The van der Waals surface area contributed by atoms with Crippen LogP contribution in [0.15, 0.2) is 0 Å². The van der Waals surface area contributed by atoms with Gasteiger partial charge in [-0.1, -0.05) is 110 Å². The normalized spacial score (nSPS) is 11.2. The molecule has 0 N–H and O–H groups in total. The zero-order valence-corrected chi connectivity index (χ0v) is 15.6. The van der Waals surface area contributed by atoms with Crippen molar-refractivity contribution in [2.75, 3.05) is 13.2 Å². The minimum atomic E-state index is 0.624. The van der Waals surface area contributed by atoms with Gasteiger partial charge in [-0.25, -0.2) is 0 Å². The average molecular weight is 312 g/mol. The van der Waals surface area contributed by atoms with Gasteiger partial charge in [0.25, 0.3) is 0 Å². The Morgan fingerprint density at radius 3 is 1.14 bits per heavy atom. The lowest BCUT2D eigenvalue weighted by atomic mass is 10.0. The summed E-state index contributed by atoms with van der Waals surface area (Å²) in [5.41, 5.74) is 0. The van der Waals surface area contributed by atoms with Gasteiger partial charge in [-0.3, -0.25) is 0 Å². The summed E-state index contributed by atoms with van der Waals surface area (Å²) < 4.78 is 5.25. The molecule has 0 rings (SSSR count). The summed E-state index contributed by atoms with van der Waals surface area (Å²) in [4.78, 5) is 0. The fraction of sp³-hybridized carbons (Fsp3) is 0.952. The largest absolute Gasteiger partial charge is 0.381 e. The topological polar surface area (TPSA) is 9.23 Å². The molecule has 0 amide bonds. The van der Waals surface area contributed by atoms with Crippen molar-refractivity contribution >= 4 is 0 Å². The van der Waals surface area contributed by atoms with Gasteiger partial charge in [-0.2, -0.15) is 0 Å². The smallest absolute Gasteiger partial charge is 0.0466 e. The fourth-order valence-electron chi connectivity index (χ4n) is 3.03. The molecule has 1 nitrogen and oxygen atoms in total. The molecule has 0 unspecified atom stereocenters. The molecule has 0 bridgehead atoms. The number of hydrogen-bond donors (Lipinski definition) is 0. The molecular weight excluding hydrogens is 268 g/mol. The second-order valence-corrected chi connectivity index (χ2v) is 6.77. The van der Waals surface area contributed by atoms with Crippen LogP contribution in [0, 0.1) is 6.92 Å². The van der Waals surface area contributed by atoms with Crippen LogP contribution in [-0.2, 0) is 4.74 Å². The van der Waals surface area contributed by atoms with Crippen LogP contribution in [0.3, 0.4) is 0 Å². The molecule has 0 aliphatic heterocycles. The van der Waals surface area contributed by atoms with Gasteiger partial charge >= 0.3 is 0 Å². The van der Waals surface area contributed by atoms with Crippen LogP contribution >= 0.6 is 0 Å². The Bertz CT molecular complexity index is 159. The Morgan fingerprint density at radius 1 is 0.500 bits per heavy atom. The molecule has 0 saturated carbocycles. The second-order valence-electron chi connectivity index (χ2n) is 6.77. The van der Waals surface area contributed by atoms with Crippen molar-refractivity contribution in [3.63, 3.8) is 0 Å². The molecule has 0 aliphatic rings. The summed E-state index contributed by atoms with van der Waals surface area (Å²) in [5, 5.41) is 0. The first-order valence-corrected chi connectivity index (χ1v) is 10.3. The summed E-state index contributed by atoms with van der Waals surface area (Å²) in [6.07, 6.45) is 24.3. The van der Waals surface area contributed by atoms with Crippen molar-refractivity contribution in [1.29, 1.82) is 0 Å². The zero-order valence-electron chi connectivity index (χ0n) is 15.6. The van der Waals surface area contributed by atoms with E-state index in [1.54, 1.807) is 0 Å². The van der Waals surface area contributed by atoms with Crippen LogP contribution in [0.5, 0.6) is 0 Å². The molecule has 0 saturated heterocycles. The van der Waals surface area contributed by atoms with E-state index in [1.165, 1.54) is 109 Å². The molecule has 0 aromatic rings. The molecule has 1 radical (unpaired) electrons. The first-order valence-electron chi connectivity index (χ1n) is 10.3. The number of rotatable bonds is 19. The van der Waals surface area contributed by atoms with E-state index < -0.39 is 0 Å². The fourth-order valence-corrected chi connectivity index (χ4v) is 3.03. The standard InChI is InChI=1S/C21H43O/c1-3-5-6-7-8-9-10-11-12-13-14-15-16-17-18-19-20-21-22-4-2/h2-21H2,1H3. The van der Waals surface area contributed by atoms with Gasteiger partial charge in [0, 0.05) is 13.2 Å². The highest BCUT2D eigenvalue weighted by atomic mass is 16.5. The van der Waals surface area contributed by atoms with Crippen molar-refractivity contribution < 1.29 is 4.74 Å². The van der Waals surface area contributed by atoms with E-state index in [2.05, 4.69) is 13.8 Å². The van der Waals surface area contributed by atoms with Gasteiger partial charge in [0.05, 0.1) is 0 Å². The lowest BCUT2D eigenvalue weighted by Gasteiger charge is -2.04. The first-order chi connectivity index (χ1) is 10.9. The Labute approximate surface area is 141 Å².